The molecule has 2 aliphatic rings. The van der Waals surface area contributed by atoms with Gasteiger partial charge in [0, 0.05) is 91.6 Å². The van der Waals surface area contributed by atoms with E-state index in [1.807, 2.05) is 106 Å². The molecule has 0 spiro atoms. The lowest BCUT2D eigenvalue weighted by Gasteiger charge is -2.21. The van der Waals surface area contributed by atoms with Gasteiger partial charge in [0.15, 0.2) is 11.6 Å². The molecule has 0 aliphatic heterocycles. The number of ether oxygens (including phenoxy) is 3. The van der Waals surface area contributed by atoms with E-state index >= 15 is 0 Å². The molecule has 4 aromatic heterocycles. The van der Waals surface area contributed by atoms with Crippen LogP contribution >= 0.6 is 37.2 Å². The summed E-state index contributed by atoms with van der Waals surface area (Å²) in [6.45, 7) is 12.3. The number of esters is 2. The van der Waals surface area contributed by atoms with Crippen LogP contribution in [0.1, 0.15) is 142 Å². The Bertz CT molecular complexity index is 2910. The predicted octanol–water partition coefficient (Wildman–Crippen LogP) is 9.69. The number of rotatable bonds is 21. The molecular formula is C57H81Cl3N8O8+2. The van der Waals surface area contributed by atoms with Crippen molar-refractivity contribution in [3.8, 4) is 0 Å². The number of carbonyl (C=O) groups excluding carboxylic acids is 5. The highest BCUT2D eigenvalue weighted by molar-refractivity contribution is 6.12. The van der Waals surface area contributed by atoms with Gasteiger partial charge < -0.3 is 34.4 Å². The summed E-state index contributed by atoms with van der Waals surface area (Å²) in [4.78, 5) is 62.9. The third-order valence-corrected chi connectivity index (χ3v) is 14.5. The minimum atomic E-state index is -0.499. The molecule has 0 radical (unpaired) electrons. The topological polar surface area (TPSA) is 179 Å². The van der Waals surface area contributed by atoms with Gasteiger partial charge in [-0.1, -0.05) is 62.1 Å². The number of unbranched alkanes of at least 4 members (excludes halogenated alkanes) is 6. The molecule has 0 saturated carbocycles. The van der Waals surface area contributed by atoms with Crippen molar-refractivity contribution in [3.63, 3.8) is 0 Å². The third-order valence-electron chi connectivity index (χ3n) is 14.5. The second kappa shape index (κ2) is 29.2. The fourth-order valence-electron chi connectivity index (χ4n) is 10.3. The first-order chi connectivity index (χ1) is 35.1. The van der Waals surface area contributed by atoms with E-state index in [1.165, 1.54) is 0 Å². The van der Waals surface area contributed by atoms with E-state index < -0.39 is 11.7 Å². The SMILES string of the molecule is Cc1n(CC2CCc3c(c4ccccc4n3C)C2=O)cc[n+]1COC(=O)CCCCCCN.Cc1n(CC2CCc3c(c4ccccc4n3C)C2=O)cc[n+]1COC(=O)CCCCCCNC(=O)OC(C)(C)C.Cl.Cl.Cl. The normalized spacial score (nSPS) is 14.8. The summed E-state index contributed by atoms with van der Waals surface area (Å²) < 4.78 is 28.5. The van der Waals surface area contributed by atoms with Gasteiger partial charge in [-0.3, -0.25) is 19.2 Å². The van der Waals surface area contributed by atoms with Gasteiger partial charge in [-0.2, -0.15) is 9.13 Å². The van der Waals surface area contributed by atoms with Crippen molar-refractivity contribution >= 4 is 88.6 Å². The summed E-state index contributed by atoms with van der Waals surface area (Å²) in [5, 5.41) is 4.84. The van der Waals surface area contributed by atoms with Crippen molar-refractivity contribution < 1.29 is 47.3 Å². The number of hydrogen-bond acceptors (Lipinski definition) is 9. The monoisotopic (exact) mass is 1110 g/mol. The highest BCUT2D eigenvalue weighted by Gasteiger charge is 2.35. The number of para-hydroxylation sites is 2. The maximum absolute atomic E-state index is 13.5. The maximum atomic E-state index is 13.5. The quantitative estimate of drug-likeness (QED) is 0.0307. The molecule has 8 rings (SSSR count). The number of nitrogens with one attached hydrogen (secondary N) is 1. The van der Waals surface area contributed by atoms with Crippen molar-refractivity contribution in [2.45, 2.75) is 157 Å². The number of fused-ring (bicyclic) bond motifs is 6. The predicted molar refractivity (Wildman–Crippen MR) is 300 cm³/mol. The van der Waals surface area contributed by atoms with Crippen molar-refractivity contribution in [1.29, 1.82) is 0 Å². The molecular weight excluding hydrogens is 1030 g/mol. The molecule has 3 N–H and O–H groups in total. The number of nitrogens with two attached hydrogens (primary N) is 1. The Hall–Kier alpha value is -5.68. The summed E-state index contributed by atoms with van der Waals surface area (Å²) in [5.74, 6) is 1.83. The van der Waals surface area contributed by atoms with Crippen LogP contribution in [0.4, 0.5) is 4.79 Å². The number of imidazole rings is 2. The van der Waals surface area contributed by atoms with Crippen LogP contribution in [0.2, 0.25) is 0 Å². The van der Waals surface area contributed by atoms with Gasteiger partial charge in [0.05, 0.1) is 11.8 Å². The highest BCUT2D eigenvalue weighted by Crippen LogP contribution is 2.36. The zero-order chi connectivity index (χ0) is 52.2. The maximum Gasteiger partial charge on any atom is 0.407 e. The molecule has 2 atom stereocenters. The summed E-state index contributed by atoms with van der Waals surface area (Å²) in [6.07, 6.45) is 18.9. The summed E-state index contributed by atoms with van der Waals surface area (Å²) >= 11 is 0. The summed E-state index contributed by atoms with van der Waals surface area (Å²) in [7, 11) is 4.09. The number of carbonyl (C=O) groups is 5. The fourth-order valence-corrected chi connectivity index (χ4v) is 10.3. The average Bonchev–Trinajstić information content (AvgIpc) is 4.08. The first kappa shape index (κ1) is 62.9. The van der Waals surface area contributed by atoms with E-state index in [2.05, 4.69) is 48.8 Å². The van der Waals surface area contributed by atoms with Crippen LogP contribution in [0, 0.1) is 25.7 Å². The number of Topliss-reactive ketones (excluding diaryl/α,β-unsaturated/α-hetero) is 2. The van der Waals surface area contributed by atoms with Crippen LogP contribution in [0.5, 0.6) is 0 Å². The molecule has 6 aromatic rings. The van der Waals surface area contributed by atoms with Crippen LogP contribution < -0.4 is 20.2 Å². The van der Waals surface area contributed by atoms with Crippen molar-refractivity contribution in [2.75, 3.05) is 13.1 Å². The van der Waals surface area contributed by atoms with Gasteiger partial charge in [0.1, 0.15) is 43.5 Å². The smallest absolute Gasteiger partial charge is 0.407 e. The van der Waals surface area contributed by atoms with E-state index in [0.717, 1.165) is 133 Å². The van der Waals surface area contributed by atoms with Crippen LogP contribution in [-0.2, 0) is 77.3 Å². The van der Waals surface area contributed by atoms with E-state index in [-0.39, 0.29) is 86.0 Å². The average molecular weight is 1110 g/mol. The van der Waals surface area contributed by atoms with Crippen LogP contribution in [0.25, 0.3) is 21.8 Å². The standard InChI is InChI=1S/C31H42N4O5.C26H35N4O3.3ClH/c1-22-34(20-23-15-16-26-28(29(23)37)24-12-9-10-13-25(24)33(26)5)18-19-35(22)21-39-27(36)14-8-6-7-11-17-32-30(38)40-31(2,3)4;1-19-29(15-16-30(19)18-33-24(31)11-5-3-4-8-14-27)17-20-12-13-23-25(26(20)32)21-9-6-7-10-22(21)28(23)2;;;/h9-10,12-13,18-19,23H,6-8,11,14-17,20-21H2,1-5H3;6-7,9-10,15-16,20H,3-5,8,11-14,17-18,27H2,1-2H3;3*1H/q;+1;;;/p+1. The number of halogens is 3. The molecule has 0 bridgehead atoms. The number of aryl methyl sites for hydroxylation is 2. The van der Waals surface area contributed by atoms with Crippen molar-refractivity contribution in [2.24, 2.45) is 31.7 Å². The van der Waals surface area contributed by atoms with Gasteiger partial charge >= 0.3 is 18.0 Å². The Morgan fingerprint density at radius 1 is 0.645 bits per heavy atom. The molecule has 1 amide bonds. The molecule has 19 heteroatoms. The molecule has 0 fully saturated rings. The third kappa shape index (κ3) is 15.7. The van der Waals surface area contributed by atoms with E-state index in [1.54, 1.807) is 0 Å². The Balaban J connectivity index is 0.000000321. The van der Waals surface area contributed by atoms with Gasteiger partial charge in [-0.25, -0.2) is 13.9 Å². The van der Waals surface area contributed by atoms with Crippen molar-refractivity contribution in [1.82, 2.24) is 23.6 Å². The molecule has 2 aliphatic carbocycles. The number of alkyl carbamates (subject to hydrolysis) is 1. The van der Waals surface area contributed by atoms with Gasteiger partial charge in [-0.05, 0) is 90.8 Å². The number of amides is 1. The van der Waals surface area contributed by atoms with E-state index in [4.69, 9.17) is 19.9 Å². The summed E-state index contributed by atoms with van der Waals surface area (Å²) in [5.41, 5.74) is 11.3. The summed E-state index contributed by atoms with van der Waals surface area (Å²) in [6, 6.07) is 16.3. The lowest BCUT2D eigenvalue weighted by Crippen LogP contribution is -2.38. The second-order valence-electron chi connectivity index (χ2n) is 20.8. The molecule has 2 unspecified atom stereocenters. The number of nitrogens with zero attached hydrogens (tertiary/aromatic N) is 6. The van der Waals surface area contributed by atoms with Crippen LogP contribution in [0.15, 0.2) is 73.3 Å². The van der Waals surface area contributed by atoms with Crippen molar-refractivity contribution in [3.05, 3.63) is 107 Å². The first-order valence-corrected chi connectivity index (χ1v) is 26.4. The minimum Gasteiger partial charge on any atom is -0.444 e. The number of aromatic nitrogens is 6. The zero-order valence-corrected chi connectivity index (χ0v) is 47.9. The van der Waals surface area contributed by atoms with E-state index in [0.29, 0.717) is 39.0 Å². The van der Waals surface area contributed by atoms with Crippen LogP contribution in [-0.4, -0.2) is 66.6 Å². The molecule has 2 aromatic carbocycles. The fraction of sp³-hybridized carbons (Fsp3) is 0.526. The Kier molecular flexibility index (Phi) is 24.1. The van der Waals surface area contributed by atoms with Crippen LogP contribution in [0.3, 0.4) is 0 Å². The highest BCUT2D eigenvalue weighted by atomic mass is 35.5. The van der Waals surface area contributed by atoms with Gasteiger partial charge in [0.2, 0.25) is 13.5 Å². The second-order valence-corrected chi connectivity index (χ2v) is 20.8. The van der Waals surface area contributed by atoms with Gasteiger partial charge in [-0.15, -0.1) is 37.2 Å². The number of hydrogen-bond donors (Lipinski definition) is 2. The molecule has 0 saturated heterocycles. The number of ketones is 2. The lowest BCUT2D eigenvalue weighted by atomic mass is 9.85. The first-order valence-electron chi connectivity index (χ1n) is 26.4. The van der Waals surface area contributed by atoms with E-state index in [9.17, 15) is 24.0 Å². The number of benzene rings is 2. The Morgan fingerprint density at radius 2 is 1.07 bits per heavy atom. The lowest BCUT2D eigenvalue weighted by molar-refractivity contribution is -0.732. The Labute approximate surface area is 466 Å². The minimum absolute atomic E-state index is 0. The molecule has 76 heavy (non-hydrogen) atoms. The largest absolute Gasteiger partial charge is 0.444 e. The van der Waals surface area contributed by atoms with Gasteiger partial charge in [0.25, 0.3) is 11.6 Å². The molecule has 416 valence electrons. The zero-order valence-electron chi connectivity index (χ0n) is 45.5. The molecule has 4 heterocycles. The Morgan fingerprint density at radius 3 is 1.50 bits per heavy atom. The molecule has 16 nitrogen and oxygen atoms in total.